The van der Waals surface area contributed by atoms with Crippen LogP contribution in [0.5, 0.6) is 0 Å². The first kappa shape index (κ1) is 22.5. The van der Waals surface area contributed by atoms with Gasteiger partial charge in [0, 0.05) is 23.5 Å². The Bertz CT molecular complexity index is 1570. The average molecular weight is 475 g/mol. The van der Waals surface area contributed by atoms with Crippen molar-refractivity contribution in [1.29, 1.82) is 0 Å². The van der Waals surface area contributed by atoms with E-state index in [4.69, 9.17) is 0 Å². The van der Waals surface area contributed by atoms with Crippen LogP contribution in [0, 0.1) is 19.7 Å². The average Bonchev–Trinajstić information content (AvgIpc) is 2.84. The van der Waals surface area contributed by atoms with E-state index in [2.05, 4.69) is 24.9 Å². The molecule has 0 aliphatic carbocycles. The highest BCUT2D eigenvalue weighted by molar-refractivity contribution is 5.89. The van der Waals surface area contributed by atoms with Crippen LogP contribution >= 0.6 is 0 Å². The molecule has 0 bridgehead atoms. The number of aromatic nitrogens is 5. The van der Waals surface area contributed by atoms with Crippen LogP contribution in [0.25, 0.3) is 44.9 Å². The third-order valence-corrected chi connectivity index (χ3v) is 5.63. The quantitative estimate of drug-likeness (QED) is 0.276. The van der Waals surface area contributed by atoms with Gasteiger partial charge in [-0.05, 0) is 61.4 Å². The van der Waals surface area contributed by atoms with E-state index in [0.29, 0.717) is 23.0 Å². The summed E-state index contributed by atoms with van der Waals surface area (Å²) in [5.41, 5.74) is 2.98. The van der Waals surface area contributed by atoms with Crippen molar-refractivity contribution in [2.75, 3.05) is 0 Å². The highest BCUT2D eigenvalue weighted by atomic mass is 19.4. The van der Waals surface area contributed by atoms with Gasteiger partial charge in [0.2, 0.25) is 0 Å². The van der Waals surface area contributed by atoms with Crippen molar-refractivity contribution in [3.63, 3.8) is 0 Å². The highest BCUT2D eigenvalue weighted by Gasteiger charge is 2.31. The molecule has 35 heavy (non-hydrogen) atoms. The van der Waals surface area contributed by atoms with Crippen molar-refractivity contribution in [3.8, 4) is 33.8 Å². The third-order valence-electron chi connectivity index (χ3n) is 5.63. The standard InChI is InChI=1S/C26H17F4N5/c1-14-15(2)33-25-23(32-14)22(20-7-6-19(13-21(20)27)26(28,29)30)34-24(35-25)18-5-3-4-17(12-18)16-8-10-31-11-9-16/h3-13H,1-2H3. The number of alkyl halides is 3. The first-order valence-electron chi connectivity index (χ1n) is 10.6. The molecule has 0 saturated heterocycles. The van der Waals surface area contributed by atoms with Crippen LogP contribution in [0.15, 0.2) is 67.0 Å². The van der Waals surface area contributed by atoms with Crippen LogP contribution in [-0.2, 0) is 6.18 Å². The van der Waals surface area contributed by atoms with Crippen LogP contribution in [0.1, 0.15) is 17.0 Å². The number of fused-ring (bicyclic) bond motifs is 1. The molecule has 2 aromatic carbocycles. The maximum absolute atomic E-state index is 15.0. The maximum Gasteiger partial charge on any atom is 0.416 e. The number of hydrogen-bond donors (Lipinski definition) is 0. The second-order valence-electron chi connectivity index (χ2n) is 7.97. The smallest absolute Gasteiger partial charge is 0.265 e. The summed E-state index contributed by atoms with van der Waals surface area (Å²) < 4.78 is 54.3. The summed E-state index contributed by atoms with van der Waals surface area (Å²) in [5, 5.41) is 0. The lowest BCUT2D eigenvalue weighted by Gasteiger charge is -2.13. The molecule has 0 amide bonds. The van der Waals surface area contributed by atoms with E-state index in [1.807, 2.05) is 30.3 Å². The van der Waals surface area contributed by atoms with E-state index < -0.39 is 17.6 Å². The molecule has 0 N–H and O–H groups in total. The second kappa shape index (κ2) is 8.50. The zero-order valence-corrected chi connectivity index (χ0v) is 18.6. The van der Waals surface area contributed by atoms with E-state index in [1.54, 1.807) is 32.3 Å². The summed E-state index contributed by atoms with van der Waals surface area (Å²) in [6.45, 7) is 3.51. The van der Waals surface area contributed by atoms with Gasteiger partial charge in [-0.3, -0.25) is 4.98 Å². The zero-order valence-electron chi connectivity index (χ0n) is 18.6. The van der Waals surface area contributed by atoms with Crippen molar-refractivity contribution in [2.24, 2.45) is 0 Å². The second-order valence-corrected chi connectivity index (χ2v) is 7.97. The van der Waals surface area contributed by atoms with Crippen molar-refractivity contribution in [1.82, 2.24) is 24.9 Å². The van der Waals surface area contributed by atoms with E-state index in [0.717, 1.165) is 23.3 Å². The molecule has 0 radical (unpaired) electrons. The molecule has 0 aliphatic heterocycles. The number of hydrogen-bond acceptors (Lipinski definition) is 5. The van der Waals surface area contributed by atoms with Gasteiger partial charge < -0.3 is 0 Å². The van der Waals surface area contributed by atoms with Crippen molar-refractivity contribution in [2.45, 2.75) is 20.0 Å². The lowest BCUT2D eigenvalue weighted by atomic mass is 10.0. The Kier molecular flexibility index (Phi) is 5.47. The topological polar surface area (TPSA) is 64.5 Å². The molecule has 0 aliphatic rings. The number of rotatable bonds is 3. The molecule has 5 rings (SSSR count). The number of aryl methyl sites for hydroxylation is 2. The number of benzene rings is 2. The molecule has 0 unspecified atom stereocenters. The Morgan fingerprint density at radius 3 is 2.14 bits per heavy atom. The van der Waals surface area contributed by atoms with Gasteiger partial charge in [-0.1, -0.05) is 18.2 Å². The summed E-state index contributed by atoms with van der Waals surface area (Å²) >= 11 is 0. The van der Waals surface area contributed by atoms with Crippen molar-refractivity contribution < 1.29 is 17.6 Å². The number of pyridine rings is 1. The molecule has 3 aromatic heterocycles. The van der Waals surface area contributed by atoms with Gasteiger partial charge in [0.1, 0.15) is 17.0 Å². The van der Waals surface area contributed by atoms with E-state index in [-0.39, 0.29) is 28.2 Å². The Morgan fingerprint density at radius 2 is 1.43 bits per heavy atom. The summed E-state index contributed by atoms with van der Waals surface area (Å²) in [5.74, 6) is -0.809. The van der Waals surface area contributed by atoms with Crippen molar-refractivity contribution in [3.05, 3.63) is 89.8 Å². The van der Waals surface area contributed by atoms with E-state index in [1.165, 1.54) is 0 Å². The predicted molar refractivity (Wildman–Crippen MR) is 124 cm³/mol. The fraction of sp³-hybridized carbons (Fsp3) is 0.115. The minimum absolute atomic E-state index is 0.0705. The van der Waals surface area contributed by atoms with Crippen LogP contribution in [0.2, 0.25) is 0 Å². The highest BCUT2D eigenvalue weighted by Crippen LogP contribution is 2.35. The first-order valence-corrected chi connectivity index (χ1v) is 10.6. The molecule has 0 fully saturated rings. The monoisotopic (exact) mass is 475 g/mol. The zero-order chi connectivity index (χ0) is 24.7. The molecule has 3 heterocycles. The maximum atomic E-state index is 15.0. The largest absolute Gasteiger partial charge is 0.416 e. The SMILES string of the molecule is Cc1nc2nc(-c3cccc(-c4ccncc4)c3)nc(-c3ccc(C(F)(F)F)cc3F)c2nc1C. The fourth-order valence-corrected chi connectivity index (χ4v) is 3.69. The van der Waals surface area contributed by atoms with Gasteiger partial charge in [0.25, 0.3) is 0 Å². The molecule has 5 aromatic rings. The van der Waals surface area contributed by atoms with Crippen LogP contribution in [-0.4, -0.2) is 24.9 Å². The Balaban J connectivity index is 1.73. The predicted octanol–water partition coefficient (Wildman–Crippen LogP) is 6.59. The van der Waals surface area contributed by atoms with Gasteiger partial charge in [-0.15, -0.1) is 0 Å². The molecule has 0 saturated carbocycles. The van der Waals surface area contributed by atoms with Gasteiger partial charge in [0.05, 0.1) is 17.0 Å². The van der Waals surface area contributed by atoms with Crippen LogP contribution in [0.3, 0.4) is 0 Å². The van der Waals surface area contributed by atoms with Gasteiger partial charge >= 0.3 is 6.18 Å². The molecule has 0 atom stereocenters. The molecule has 0 spiro atoms. The molecule has 9 heteroatoms. The number of halogens is 4. The van der Waals surface area contributed by atoms with Crippen LogP contribution < -0.4 is 0 Å². The van der Waals surface area contributed by atoms with E-state index >= 15 is 0 Å². The summed E-state index contributed by atoms with van der Waals surface area (Å²) in [6, 6.07) is 13.5. The Hall–Kier alpha value is -4.27. The van der Waals surface area contributed by atoms with Crippen LogP contribution in [0.4, 0.5) is 17.6 Å². The summed E-state index contributed by atoms with van der Waals surface area (Å²) in [7, 11) is 0. The Morgan fingerprint density at radius 1 is 0.714 bits per heavy atom. The Labute approximate surface area is 197 Å². The minimum atomic E-state index is -4.67. The first-order chi connectivity index (χ1) is 16.7. The minimum Gasteiger partial charge on any atom is -0.265 e. The lowest BCUT2D eigenvalue weighted by Crippen LogP contribution is -2.06. The van der Waals surface area contributed by atoms with Gasteiger partial charge in [0.15, 0.2) is 11.5 Å². The van der Waals surface area contributed by atoms with Gasteiger partial charge in [-0.25, -0.2) is 24.3 Å². The van der Waals surface area contributed by atoms with E-state index in [9.17, 15) is 17.6 Å². The van der Waals surface area contributed by atoms with Gasteiger partial charge in [-0.2, -0.15) is 13.2 Å². The molecular weight excluding hydrogens is 458 g/mol. The lowest BCUT2D eigenvalue weighted by molar-refractivity contribution is -0.137. The molecule has 174 valence electrons. The third kappa shape index (κ3) is 4.32. The molecule has 5 nitrogen and oxygen atoms in total. The van der Waals surface area contributed by atoms with Crippen molar-refractivity contribution >= 4 is 11.2 Å². The number of nitrogens with zero attached hydrogens (tertiary/aromatic N) is 5. The fourth-order valence-electron chi connectivity index (χ4n) is 3.69. The summed E-state index contributed by atoms with van der Waals surface area (Å²) in [4.78, 5) is 22.1. The molecular formula is C26H17F4N5. The summed E-state index contributed by atoms with van der Waals surface area (Å²) in [6.07, 6.45) is -1.30. The normalized spacial score (nSPS) is 11.7.